The Bertz CT molecular complexity index is 793. The van der Waals surface area contributed by atoms with Gasteiger partial charge in [0.05, 0.1) is 17.8 Å². The second kappa shape index (κ2) is 6.48. The molecule has 0 spiro atoms. The van der Waals surface area contributed by atoms with Gasteiger partial charge in [-0.2, -0.15) is 0 Å². The highest BCUT2D eigenvalue weighted by molar-refractivity contribution is 6.14. The summed E-state index contributed by atoms with van der Waals surface area (Å²) in [5, 5.41) is 9.27. The maximum Gasteiger partial charge on any atom is 0.336 e. The number of likely N-dealkylation sites (N-methyl/N-ethyl adjacent to an activating group) is 1. The van der Waals surface area contributed by atoms with Crippen molar-refractivity contribution in [1.82, 2.24) is 0 Å². The van der Waals surface area contributed by atoms with Crippen LogP contribution in [0.5, 0.6) is 0 Å². The Balaban J connectivity index is 1.99. The molecule has 0 aliphatic carbocycles. The maximum absolute atomic E-state index is 11.3. The number of carboxylic acid groups (broad SMARTS) is 1. The Hall–Kier alpha value is -2.88. The van der Waals surface area contributed by atoms with Crippen LogP contribution < -0.4 is 4.90 Å². The van der Waals surface area contributed by atoms with Crippen molar-refractivity contribution in [2.45, 2.75) is 0 Å². The van der Waals surface area contributed by atoms with Gasteiger partial charge in [-0.3, -0.25) is 4.99 Å². The van der Waals surface area contributed by atoms with Crippen LogP contribution in [0.2, 0.25) is 0 Å². The summed E-state index contributed by atoms with van der Waals surface area (Å²) in [5.41, 5.74) is 4.06. The summed E-state index contributed by atoms with van der Waals surface area (Å²) in [6.45, 7) is 1.57. The van der Waals surface area contributed by atoms with Crippen molar-refractivity contribution in [3.05, 3.63) is 71.3 Å². The summed E-state index contributed by atoms with van der Waals surface area (Å²) in [4.78, 5) is 18.1. The number of hydrogen-bond donors (Lipinski definition) is 1. The third-order valence-corrected chi connectivity index (χ3v) is 3.92. The van der Waals surface area contributed by atoms with Gasteiger partial charge in [-0.05, 0) is 23.8 Å². The smallest absolute Gasteiger partial charge is 0.336 e. The highest BCUT2D eigenvalue weighted by Gasteiger charge is 2.14. The number of carbonyl (C=O) groups is 1. The van der Waals surface area contributed by atoms with Crippen molar-refractivity contribution >= 4 is 23.4 Å². The molecule has 0 aromatic heterocycles. The number of para-hydroxylation sites is 1. The van der Waals surface area contributed by atoms with E-state index in [1.165, 1.54) is 0 Å². The molecule has 0 saturated carbocycles. The second-order valence-corrected chi connectivity index (χ2v) is 5.43. The SMILES string of the molecule is CN1CCN=C(C=Cc2ccccc2C(=O)O)c2ccccc21. The molecule has 1 aliphatic heterocycles. The zero-order valence-corrected chi connectivity index (χ0v) is 12.9. The summed E-state index contributed by atoms with van der Waals surface area (Å²) in [5.74, 6) is -0.923. The molecule has 1 aliphatic rings. The average molecular weight is 306 g/mol. The fourth-order valence-corrected chi connectivity index (χ4v) is 2.70. The molecule has 0 amide bonds. The third-order valence-electron chi connectivity index (χ3n) is 3.92. The van der Waals surface area contributed by atoms with Gasteiger partial charge in [0.15, 0.2) is 0 Å². The van der Waals surface area contributed by atoms with Gasteiger partial charge >= 0.3 is 5.97 Å². The molecular weight excluding hydrogens is 288 g/mol. The summed E-state index contributed by atoms with van der Waals surface area (Å²) >= 11 is 0. The molecule has 4 nitrogen and oxygen atoms in total. The predicted octanol–water partition coefficient (Wildman–Crippen LogP) is 3.34. The number of anilines is 1. The second-order valence-electron chi connectivity index (χ2n) is 5.43. The number of benzodiazepines with no additional fused rings is 1. The Morgan fingerprint density at radius 3 is 2.70 bits per heavy atom. The zero-order valence-electron chi connectivity index (χ0n) is 12.9. The number of allylic oxidation sites excluding steroid dienone is 1. The van der Waals surface area contributed by atoms with Crippen LogP contribution >= 0.6 is 0 Å². The lowest BCUT2D eigenvalue weighted by atomic mass is 10.0. The van der Waals surface area contributed by atoms with Crippen molar-refractivity contribution in [1.29, 1.82) is 0 Å². The monoisotopic (exact) mass is 306 g/mol. The molecule has 3 rings (SSSR count). The largest absolute Gasteiger partial charge is 0.478 e. The first-order chi connectivity index (χ1) is 11.2. The quantitative estimate of drug-likeness (QED) is 0.946. The van der Waals surface area contributed by atoms with Crippen LogP contribution in [0.1, 0.15) is 21.5 Å². The zero-order chi connectivity index (χ0) is 16.2. The lowest BCUT2D eigenvalue weighted by Gasteiger charge is -2.18. The topological polar surface area (TPSA) is 52.9 Å². The van der Waals surface area contributed by atoms with Crippen molar-refractivity contribution < 1.29 is 9.90 Å². The molecule has 2 aromatic rings. The molecule has 4 heteroatoms. The third kappa shape index (κ3) is 3.16. The fraction of sp³-hybridized carbons (Fsp3) is 0.158. The van der Waals surface area contributed by atoms with Crippen molar-refractivity contribution in [3.8, 4) is 0 Å². The Morgan fingerprint density at radius 2 is 1.87 bits per heavy atom. The van der Waals surface area contributed by atoms with E-state index in [2.05, 4.69) is 23.0 Å². The van der Waals surface area contributed by atoms with Gasteiger partial charge in [0.2, 0.25) is 0 Å². The van der Waals surface area contributed by atoms with E-state index in [1.54, 1.807) is 18.2 Å². The molecule has 0 bridgehead atoms. The van der Waals surface area contributed by atoms with E-state index in [0.717, 1.165) is 23.5 Å². The van der Waals surface area contributed by atoms with Gasteiger partial charge in [-0.1, -0.05) is 42.5 Å². The van der Waals surface area contributed by atoms with Gasteiger partial charge in [-0.25, -0.2) is 4.79 Å². The van der Waals surface area contributed by atoms with Crippen LogP contribution in [0.25, 0.3) is 6.08 Å². The van der Waals surface area contributed by atoms with E-state index in [9.17, 15) is 9.90 Å². The number of aromatic carboxylic acids is 1. The van der Waals surface area contributed by atoms with Gasteiger partial charge < -0.3 is 10.0 Å². The Labute approximate surface area is 135 Å². The lowest BCUT2D eigenvalue weighted by molar-refractivity contribution is 0.0696. The standard InChI is InChI=1S/C19H18N2O2/c1-21-13-12-20-17(16-8-4-5-9-18(16)21)11-10-14-6-2-3-7-15(14)19(22)23/h2-11H,12-13H2,1H3,(H,22,23). The van der Waals surface area contributed by atoms with Crippen molar-refractivity contribution in [2.24, 2.45) is 4.99 Å². The van der Waals surface area contributed by atoms with Crippen LogP contribution in [0, 0.1) is 0 Å². The van der Waals surface area contributed by atoms with Gasteiger partial charge in [0.25, 0.3) is 0 Å². The van der Waals surface area contributed by atoms with E-state index in [1.807, 2.05) is 36.4 Å². The van der Waals surface area contributed by atoms with Crippen LogP contribution in [0.4, 0.5) is 5.69 Å². The predicted molar refractivity (Wildman–Crippen MR) is 93.6 cm³/mol. The molecule has 0 unspecified atom stereocenters. The molecule has 1 heterocycles. The maximum atomic E-state index is 11.3. The number of fused-ring (bicyclic) bond motifs is 1. The highest BCUT2D eigenvalue weighted by Crippen LogP contribution is 2.23. The van der Waals surface area contributed by atoms with Crippen LogP contribution in [0.3, 0.4) is 0 Å². The number of hydrogen-bond acceptors (Lipinski definition) is 3. The normalized spacial score (nSPS) is 14.3. The first-order valence-electron chi connectivity index (χ1n) is 7.52. The number of benzene rings is 2. The first-order valence-corrected chi connectivity index (χ1v) is 7.52. The van der Waals surface area contributed by atoms with Gasteiger partial charge in [0, 0.05) is 24.8 Å². The molecular formula is C19H18N2O2. The number of aliphatic imine (C=N–C) groups is 1. The molecule has 23 heavy (non-hydrogen) atoms. The minimum atomic E-state index is -0.923. The molecule has 2 aromatic carbocycles. The van der Waals surface area contributed by atoms with E-state index < -0.39 is 5.97 Å². The van der Waals surface area contributed by atoms with E-state index in [0.29, 0.717) is 17.7 Å². The molecule has 116 valence electrons. The van der Waals surface area contributed by atoms with Crippen LogP contribution in [0.15, 0.2) is 59.6 Å². The highest BCUT2D eigenvalue weighted by atomic mass is 16.4. The molecule has 1 N–H and O–H groups in total. The molecule has 0 saturated heterocycles. The summed E-state index contributed by atoms with van der Waals surface area (Å²) in [6.07, 6.45) is 3.73. The minimum absolute atomic E-state index is 0.295. The van der Waals surface area contributed by atoms with Crippen molar-refractivity contribution in [2.75, 3.05) is 25.0 Å². The minimum Gasteiger partial charge on any atom is -0.478 e. The summed E-state index contributed by atoms with van der Waals surface area (Å²) in [6, 6.07) is 15.1. The van der Waals surface area contributed by atoms with Crippen molar-refractivity contribution in [3.63, 3.8) is 0 Å². The lowest BCUT2D eigenvalue weighted by Crippen LogP contribution is -2.20. The number of carboxylic acids is 1. The Kier molecular flexibility index (Phi) is 4.24. The fourth-order valence-electron chi connectivity index (χ4n) is 2.70. The average Bonchev–Trinajstić information content (AvgIpc) is 2.73. The molecule has 0 radical (unpaired) electrons. The van der Waals surface area contributed by atoms with Gasteiger partial charge in [-0.15, -0.1) is 0 Å². The molecule has 0 atom stereocenters. The first kappa shape index (κ1) is 15.0. The Morgan fingerprint density at radius 1 is 1.13 bits per heavy atom. The van der Waals surface area contributed by atoms with E-state index in [4.69, 9.17) is 0 Å². The number of nitrogens with zero attached hydrogens (tertiary/aromatic N) is 2. The van der Waals surface area contributed by atoms with Crippen LogP contribution in [-0.4, -0.2) is 36.9 Å². The van der Waals surface area contributed by atoms with Gasteiger partial charge in [0.1, 0.15) is 0 Å². The van der Waals surface area contributed by atoms with E-state index >= 15 is 0 Å². The number of rotatable bonds is 3. The molecule has 0 fully saturated rings. The summed E-state index contributed by atoms with van der Waals surface area (Å²) in [7, 11) is 2.06. The van der Waals surface area contributed by atoms with Crippen LogP contribution in [-0.2, 0) is 0 Å². The van der Waals surface area contributed by atoms with E-state index in [-0.39, 0.29) is 0 Å². The summed E-state index contributed by atoms with van der Waals surface area (Å²) < 4.78 is 0.